The smallest absolute Gasteiger partial charge is 0.126 e. The predicted octanol–water partition coefficient (Wildman–Crippen LogP) is 3.12. The van der Waals surface area contributed by atoms with Crippen LogP contribution in [0.4, 0.5) is 0 Å². The molecule has 1 N–H and O–H groups in total. The topological polar surface area (TPSA) is 38.1 Å². The van der Waals surface area contributed by atoms with Crippen molar-refractivity contribution in [2.45, 2.75) is 19.8 Å². The van der Waals surface area contributed by atoms with Crippen LogP contribution in [0, 0.1) is 0 Å². The molecular formula is C12H16N2OS. The van der Waals surface area contributed by atoms with Gasteiger partial charge in [0.15, 0.2) is 0 Å². The average Bonchev–Trinajstić information content (AvgIpc) is 2.94. The summed E-state index contributed by atoms with van der Waals surface area (Å²) in [7, 11) is 0. The summed E-state index contributed by atoms with van der Waals surface area (Å²) >= 11 is 1.67. The Bertz CT molecular complexity index is 422. The van der Waals surface area contributed by atoms with Gasteiger partial charge in [-0.3, -0.25) is 0 Å². The van der Waals surface area contributed by atoms with Gasteiger partial charge in [0.05, 0.1) is 12.0 Å². The first kappa shape index (κ1) is 11.4. The van der Waals surface area contributed by atoms with Crippen molar-refractivity contribution in [2.75, 3.05) is 13.1 Å². The second-order valence-corrected chi connectivity index (χ2v) is 4.66. The number of nitrogens with one attached hydrogen (secondary N) is 1. The van der Waals surface area contributed by atoms with Gasteiger partial charge in [0.2, 0.25) is 0 Å². The number of thiazole rings is 1. The maximum absolute atomic E-state index is 5.06. The normalized spacial score (nSPS) is 12.9. The van der Waals surface area contributed by atoms with Crippen LogP contribution in [0.3, 0.4) is 0 Å². The predicted molar refractivity (Wildman–Crippen MR) is 66.8 cm³/mol. The quantitative estimate of drug-likeness (QED) is 0.866. The summed E-state index contributed by atoms with van der Waals surface area (Å²) in [5.41, 5.74) is 2.22. The van der Waals surface area contributed by atoms with E-state index in [1.807, 2.05) is 6.07 Å². The van der Waals surface area contributed by atoms with E-state index in [9.17, 15) is 0 Å². The second-order valence-electron chi connectivity index (χ2n) is 3.80. The Balaban J connectivity index is 2.07. The monoisotopic (exact) mass is 236 g/mol. The van der Waals surface area contributed by atoms with Crippen LogP contribution in [0.5, 0.6) is 0 Å². The average molecular weight is 236 g/mol. The summed E-state index contributed by atoms with van der Waals surface area (Å²) in [5.74, 6) is 0.455. The molecular weight excluding hydrogens is 220 g/mol. The van der Waals surface area contributed by atoms with Gasteiger partial charge >= 0.3 is 0 Å². The van der Waals surface area contributed by atoms with E-state index in [1.165, 1.54) is 0 Å². The molecule has 0 aliphatic carbocycles. The van der Waals surface area contributed by atoms with Crippen LogP contribution in [0.2, 0.25) is 0 Å². The van der Waals surface area contributed by atoms with E-state index in [-0.39, 0.29) is 0 Å². The third kappa shape index (κ3) is 2.51. The Hall–Kier alpha value is -1.13. The molecule has 0 aliphatic heterocycles. The molecule has 3 nitrogen and oxygen atoms in total. The lowest BCUT2D eigenvalue weighted by molar-refractivity contribution is 0.568. The molecule has 0 saturated carbocycles. The van der Waals surface area contributed by atoms with Gasteiger partial charge in [-0.05, 0) is 12.6 Å². The maximum atomic E-state index is 5.06. The number of hydrogen-bond donors (Lipinski definition) is 1. The van der Waals surface area contributed by atoms with Crippen molar-refractivity contribution < 1.29 is 4.42 Å². The summed E-state index contributed by atoms with van der Waals surface area (Å²) in [4.78, 5) is 4.62. The van der Waals surface area contributed by atoms with Crippen LogP contribution in [-0.2, 0) is 0 Å². The number of likely N-dealkylation sites (N-methyl/N-ethyl adjacent to an activating group) is 1. The van der Waals surface area contributed by atoms with E-state index in [0.29, 0.717) is 5.92 Å². The molecule has 0 saturated heterocycles. The molecule has 0 spiro atoms. The Kier molecular flexibility index (Phi) is 3.74. The van der Waals surface area contributed by atoms with Crippen LogP contribution < -0.4 is 5.32 Å². The summed E-state index contributed by atoms with van der Waals surface area (Å²) in [6, 6.07) is 1.94. The lowest BCUT2D eigenvalue weighted by atomic mass is 10.1. The number of aromatic nitrogens is 1. The first-order valence-corrected chi connectivity index (χ1v) is 6.38. The number of furan rings is 1. The van der Waals surface area contributed by atoms with Gasteiger partial charge in [-0.1, -0.05) is 13.8 Å². The Morgan fingerprint density at radius 1 is 1.56 bits per heavy atom. The van der Waals surface area contributed by atoms with E-state index >= 15 is 0 Å². The highest BCUT2D eigenvalue weighted by atomic mass is 32.1. The zero-order valence-corrected chi connectivity index (χ0v) is 10.4. The Labute approximate surface area is 99.5 Å². The highest BCUT2D eigenvalue weighted by molar-refractivity contribution is 7.13. The molecule has 86 valence electrons. The lowest BCUT2D eigenvalue weighted by Gasteiger charge is -2.07. The molecule has 0 aliphatic rings. The van der Waals surface area contributed by atoms with Crippen molar-refractivity contribution >= 4 is 11.3 Å². The molecule has 16 heavy (non-hydrogen) atoms. The number of rotatable bonds is 5. The number of nitrogens with zero attached hydrogens (tertiary/aromatic N) is 1. The molecule has 4 heteroatoms. The molecule has 2 heterocycles. The molecule has 2 aromatic rings. The Morgan fingerprint density at radius 2 is 2.44 bits per heavy atom. The van der Waals surface area contributed by atoms with Gasteiger partial charge in [-0.2, -0.15) is 0 Å². The minimum Gasteiger partial charge on any atom is -0.472 e. The van der Waals surface area contributed by atoms with Crippen molar-refractivity contribution in [1.82, 2.24) is 10.3 Å². The third-order valence-corrected chi connectivity index (χ3v) is 3.41. The minimum absolute atomic E-state index is 0.455. The molecule has 0 amide bonds. The standard InChI is InChI=1S/C12H16N2OS/c1-3-13-6-9(2)11-8-16-12(14-11)10-4-5-15-7-10/h4-5,7-9,13H,3,6H2,1-2H3. The molecule has 0 radical (unpaired) electrons. The van der Waals surface area contributed by atoms with E-state index < -0.39 is 0 Å². The fourth-order valence-corrected chi connectivity index (χ4v) is 2.42. The van der Waals surface area contributed by atoms with Gasteiger partial charge in [0, 0.05) is 23.4 Å². The van der Waals surface area contributed by atoms with Crippen LogP contribution in [0.25, 0.3) is 10.6 Å². The molecule has 2 rings (SSSR count). The van der Waals surface area contributed by atoms with E-state index in [4.69, 9.17) is 4.42 Å². The molecule has 0 bridgehead atoms. The largest absolute Gasteiger partial charge is 0.472 e. The van der Waals surface area contributed by atoms with Crippen LogP contribution in [0.15, 0.2) is 28.4 Å². The first-order chi connectivity index (χ1) is 7.81. The van der Waals surface area contributed by atoms with Crippen LogP contribution in [0.1, 0.15) is 25.5 Å². The molecule has 0 fully saturated rings. The zero-order valence-electron chi connectivity index (χ0n) is 9.56. The fraction of sp³-hybridized carbons (Fsp3) is 0.417. The van der Waals surface area contributed by atoms with Crippen molar-refractivity contribution in [2.24, 2.45) is 0 Å². The highest BCUT2D eigenvalue weighted by Gasteiger charge is 2.11. The van der Waals surface area contributed by atoms with E-state index in [1.54, 1.807) is 23.9 Å². The maximum Gasteiger partial charge on any atom is 0.126 e. The van der Waals surface area contributed by atoms with E-state index in [2.05, 4.69) is 29.5 Å². The van der Waals surface area contributed by atoms with Gasteiger partial charge < -0.3 is 9.73 Å². The van der Waals surface area contributed by atoms with Crippen LogP contribution >= 0.6 is 11.3 Å². The zero-order chi connectivity index (χ0) is 11.4. The van der Waals surface area contributed by atoms with Crippen molar-refractivity contribution in [1.29, 1.82) is 0 Å². The molecule has 1 unspecified atom stereocenters. The second kappa shape index (κ2) is 5.27. The van der Waals surface area contributed by atoms with Crippen molar-refractivity contribution in [3.05, 3.63) is 29.7 Å². The van der Waals surface area contributed by atoms with Crippen molar-refractivity contribution in [3.63, 3.8) is 0 Å². The summed E-state index contributed by atoms with van der Waals surface area (Å²) in [6.45, 7) is 6.29. The van der Waals surface area contributed by atoms with Gasteiger partial charge in [-0.25, -0.2) is 4.98 Å². The Morgan fingerprint density at radius 3 is 3.12 bits per heavy atom. The van der Waals surface area contributed by atoms with Crippen LogP contribution in [-0.4, -0.2) is 18.1 Å². The summed E-state index contributed by atoms with van der Waals surface area (Å²) in [5, 5.41) is 6.50. The first-order valence-electron chi connectivity index (χ1n) is 5.50. The summed E-state index contributed by atoms with van der Waals surface area (Å²) in [6.07, 6.45) is 3.41. The van der Waals surface area contributed by atoms with E-state index in [0.717, 1.165) is 29.4 Å². The van der Waals surface area contributed by atoms with Gasteiger partial charge in [-0.15, -0.1) is 11.3 Å². The lowest BCUT2D eigenvalue weighted by Crippen LogP contribution is -2.19. The number of hydrogen-bond acceptors (Lipinski definition) is 4. The molecule has 1 atom stereocenters. The minimum atomic E-state index is 0.455. The third-order valence-electron chi connectivity index (χ3n) is 2.50. The molecule has 0 aromatic carbocycles. The van der Waals surface area contributed by atoms with Crippen molar-refractivity contribution in [3.8, 4) is 10.6 Å². The highest BCUT2D eigenvalue weighted by Crippen LogP contribution is 2.26. The summed E-state index contributed by atoms with van der Waals surface area (Å²) < 4.78 is 5.06. The van der Waals surface area contributed by atoms with Gasteiger partial charge in [0.25, 0.3) is 0 Å². The van der Waals surface area contributed by atoms with Gasteiger partial charge in [0.1, 0.15) is 11.3 Å². The fourth-order valence-electron chi connectivity index (χ4n) is 1.50. The SMILES string of the molecule is CCNCC(C)c1csc(-c2ccoc2)n1. The molecule has 2 aromatic heterocycles.